The first-order valence-electron chi connectivity index (χ1n) is 10.5. The first-order valence-corrected chi connectivity index (χ1v) is 10.5. The molecule has 31 heavy (non-hydrogen) atoms. The molecule has 1 heterocycles. The lowest BCUT2D eigenvalue weighted by atomic mass is 9.69. The maximum Gasteiger partial charge on any atom is 0.337 e. The van der Waals surface area contributed by atoms with Gasteiger partial charge in [0.2, 0.25) is 0 Å². The number of allylic oxidation sites excluding steroid dienone is 3. The summed E-state index contributed by atoms with van der Waals surface area (Å²) in [5.41, 5.74) is 2.46. The molecule has 0 saturated carbocycles. The molecule has 6 nitrogen and oxygen atoms in total. The van der Waals surface area contributed by atoms with Crippen molar-refractivity contribution in [2.75, 3.05) is 7.11 Å². The van der Waals surface area contributed by atoms with E-state index in [4.69, 9.17) is 9.47 Å². The van der Waals surface area contributed by atoms with E-state index in [1.807, 2.05) is 13.8 Å². The van der Waals surface area contributed by atoms with Crippen LogP contribution in [0.25, 0.3) is 0 Å². The van der Waals surface area contributed by atoms with E-state index >= 15 is 0 Å². The Morgan fingerprint density at radius 2 is 1.90 bits per heavy atom. The molecule has 166 valence electrons. The minimum atomic E-state index is -0.959. The zero-order valence-corrected chi connectivity index (χ0v) is 18.5. The molecular formula is C24H28FNO5. The van der Waals surface area contributed by atoms with Crippen molar-refractivity contribution in [2.45, 2.75) is 52.6 Å². The van der Waals surface area contributed by atoms with Gasteiger partial charge in [0.15, 0.2) is 5.78 Å². The Labute approximate surface area is 181 Å². The maximum atomic E-state index is 13.6. The Morgan fingerprint density at radius 3 is 2.48 bits per heavy atom. The minimum absolute atomic E-state index is 0.263. The van der Waals surface area contributed by atoms with E-state index in [1.165, 1.54) is 19.2 Å². The molecule has 0 unspecified atom stereocenters. The summed E-state index contributed by atoms with van der Waals surface area (Å²) in [5.74, 6) is -3.94. The van der Waals surface area contributed by atoms with Crippen molar-refractivity contribution in [3.8, 4) is 0 Å². The van der Waals surface area contributed by atoms with Gasteiger partial charge >= 0.3 is 11.9 Å². The quantitative estimate of drug-likeness (QED) is 0.567. The number of Topliss-reactive ketones (excluding diaryl/α,β-unsaturated/α-hetero) is 1. The number of methoxy groups -OCH3 is 1. The van der Waals surface area contributed by atoms with Gasteiger partial charge in [-0.3, -0.25) is 9.59 Å². The molecule has 0 fully saturated rings. The second kappa shape index (κ2) is 9.04. The van der Waals surface area contributed by atoms with Crippen molar-refractivity contribution in [2.24, 2.45) is 11.8 Å². The van der Waals surface area contributed by atoms with E-state index in [1.54, 1.807) is 26.0 Å². The average Bonchev–Trinajstić information content (AvgIpc) is 2.72. The number of ketones is 1. The fourth-order valence-corrected chi connectivity index (χ4v) is 4.27. The largest absolute Gasteiger partial charge is 0.468 e. The molecule has 0 amide bonds. The highest BCUT2D eigenvalue weighted by molar-refractivity contribution is 6.12. The lowest BCUT2D eigenvalue weighted by molar-refractivity contribution is -0.151. The van der Waals surface area contributed by atoms with Crippen LogP contribution in [0.4, 0.5) is 4.39 Å². The van der Waals surface area contributed by atoms with E-state index in [9.17, 15) is 18.8 Å². The van der Waals surface area contributed by atoms with Crippen LogP contribution in [0, 0.1) is 17.7 Å². The van der Waals surface area contributed by atoms with Gasteiger partial charge in [0.1, 0.15) is 11.7 Å². The van der Waals surface area contributed by atoms with Crippen molar-refractivity contribution in [3.05, 3.63) is 58.2 Å². The van der Waals surface area contributed by atoms with Gasteiger partial charge in [0, 0.05) is 22.9 Å². The Morgan fingerprint density at radius 1 is 1.26 bits per heavy atom. The first kappa shape index (κ1) is 22.7. The number of carbonyl (C=O) groups excluding carboxylic acids is 3. The van der Waals surface area contributed by atoms with E-state index in [-0.39, 0.29) is 23.4 Å². The molecule has 1 aromatic carbocycles. The number of halogens is 1. The third-order valence-electron chi connectivity index (χ3n) is 6.05. The van der Waals surface area contributed by atoms with Crippen molar-refractivity contribution in [3.63, 3.8) is 0 Å². The van der Waals surface area contributed by atoms with Crippen LogP contribution in [0.15, 0.2) is 46.8 Å². The van der Waals surface area contributed by atoms with Gasteiger partial charge in [-0.25, -0.2) is 9.18 Å². The normalized spacial score (nSPS) is 24.3. The monoisotopic (exact) mass is 429 g/mol. The summed E-state index contributed by atoms with van der Waals surface area (Å²) in [6.07, 6.45) is 0.785. The van der Waals surface area contributed by atoms with Gasteiger partial charge in [0.05, 0.1) is 18.8 Å². The second-order valence-electron chi connectivity index (χ2n) is 8.21. The summed E-state index contributed by atoms with van der Waals surface area (Å²) in [6, 6.07) is 5.69. The summed E-state index contributed by atoms with van der Waals surface area (Å²) < 4.78 is 24.1. The zero-order chi connectivity index (χ0) is 22.9. The molecular weight excluding hydrogens is 401 g/mol. The molecule has 0 spiro atoms. The topological polar surface area (TPSA) is 81.7 Å². The number of benzene rings is 1. The first-order chi connectivity index (χ1) is 14.7. The number of nitrogens with one attached hydrogen (secondary N) is 1. The van der Waals surface area contributed by atoms with Crippen molar-refractivity contribution in [1.29, 1.82) is 0 Å². The van der Waals surface area contributed by atoms with Crippen molar-refractivity contribution in [1.82, 2.24) is 5.32 Å². The second-order valence-corrected chi connectivity index (χ2v) is 8.21. The number of ether oxygens (including phenoxy) is 2. The smallest absolute Gasteiger partial charge is 0.337 e. The number of carbonyl (C=O) groups is 3. The Hall–Kier alpha value is -2.96. The van der Waals surface area contributed by atoms with Crippen LogP contribution in [0.1, 0.15) is 52.0 Å². The van der Waals surface area contributed by atoms with Crippen LogP contribution in [-0.4, -0.2) is 30.9 Å². The predicted octanol–water partition coefficient (Wildman–Crippen LogP) is 3.78. The maximum absolute atomic E-state index is 13.6. The molecule has 3 rings (SSSR count). The van der Waals surface area contributed by atoms with E-state index < -0.39 is 29.6 Å². The molecule has 2 aliphatic rings. The summed E-state index contributed by atoms with van der Waals surface area (Å²) in [5, 5.41) is 3.20. The molecule has 0 radical (unpaired) electrons. The van der Waals surface area contributed by atoms with Gasteiger partial charge in [0.25, 0.3) is 0 Å². The Balaban J connectivity index is 2.15. The van der Waals surface area contributed by atoms with E-state index in [0.29, 0.717) is 35.4 Å². The number of rotatable bonds is 5. The summed E-state index contributed by atoms with van der Waals surface area (Å²) in [6.45, 7) is 7.28. The van der Waals surface area contributed by atoms with Crippen LogP contribution in [0.5, 0.6) is 0 Å². The standard InChI is InChI=1S/C24H28FNO5/c1-6-13(3)31-24(29)19-14(4)26-17-11-12(2)18(23(28)30-5)22(27)21(17)20(19)15-7-9-16(25)10-8-15/h7-10,12-13,18,20,26H,6,11H2,1-5H3/t12-,13+,18-,20+/m1/s1. The number of esters is 2. The predicted molar refractivity (Wildman–Crippen MR) is 112 cm³/mol. The molecule has 0 bridgehead atoms. The number of dihydropyridines is 1. The molecule has 0 saturated heterocycles. The number of hydrogen-bond acceptors (Lipinski definition) is 6. The third-order valence-corrected chi connectivity index (χ3v) is 6.05. The molecule has 4 atom stereocenters. The van der Waals surface area contributed by atoms with Gasteiger partial charge in [-0.1, -0.05) is 26.0 Å². The molecule has 1 aliphatic carbocycles. The van der Waals surface area contributed by atoms with Crippen LogP contribution in [0.3, 0.4) is 0 Å². The number of hydrogen-bond donors (Lipinski definition) is 1. The lowest BCUT2D eigenvalue weighted by Gasteiger charge is -2.38. The van der Waals surface area contributed by atoms with E-state index in [0.717, 1.165) is 0 Å². The molecule has 0 aromatic heterocycles. The van der Waals surface area contributed by atoms with Gasteiger partial charge in [-0.2, -0.15) is 0 Å². The SMILES string of the molecule is CC[C@H](C)OC(=O)C1=C(C)NC2=C(C(=O)[C@H](C(=O)OC)[C@H](C)C2)[C@H]1c1ccc(F)cc1. The van der Waals surface area contributed by atoms with Crippen molar-refractivity contribution >= 4 is 17.7 Å². The minimum Gasteiger partial charge on any atom is -0.468 e. The molecule has 1 aliphatic heterocycles. The molecule has 1 aromatic rings. The highest BCUT2D eigenvalue weighted by Gasteiger charge is 2.47. The van der Waals surface area contributed by atoms with Crippen LogP contribution in [0.2, 0.25) is 0 Å². The van der Waals surface area contributed by atoms with Crippen LogP contribution < -0.4 is 5.32 Å². The Bertz CT molecular complexity index is 963. The zero-order valence-electron chi connectivity index (χ0n) is 18.5. The van der Waals surface area contributed by atoms with Gasteiger partial charge in [-0.15, -0.1) is 0 Å². The fourth-order valence-electron chi connectivity index (χ4n) is 4.27. The van der Waals surface area contributed by atoms with Gasteiger partial charge in [-0.05, 0) is 50.3 Å². The summed E-state index contributed by atoms with van der Waals surface area (Å²) in [4.78, 5) is 39.0. The summed E-state index contributed by atoms with van der Waals surface area (Å²) >= 11 is 0. The van der Waals surface area contributed by atoms with Crippen LogP contribution in [-0.2, 0) is 23.9 Å². The summed E-state index contributed by atoms with van der Waals surface area (Å²) in [7, 11) is 1.25. The lowest BCUT2D eigenvalue weighted by Crippen LogP contribution is -2.43. The fraction of sp³-hybridized carbons (Fsp3) is 0.458. The molecule has 7 heteroatoms. The highest BCUT2D eigenvalue weighted by atomic mass is 19.1. The highest BCUT2D eigenvalue weighted by Crippen LogP contribution is 2.45. The van der Waals surface area contributed by atoms with Gasteiger partial charge < -0.3 is 14.8 Å². The van der Waals surface area contributed by atoms with Crippen molar-refractivity contribution < 1.29 is 28.2 Å². The molecule has 1 N–H and O–H groups in total. The van der Waals surface area contributed by atoms with E-state index in [2.05, 4.69) is 5.32 Å². The Kier molecular flexibility index (Phi) is 6.62. The van der Waals surface area contributed by atoms with Crippen LogP contribution >= 0.6 is 0 Å². The average molecular weight is 429 g/mol. The third kappa shape index (κ3) is 4.27.